The Morgan fingerprint density at radius 3 is 2.55 bits per heavy atom. The molecule has 0 aromatic rings. The average Bonchev–Trinajstić information content (AvgIpc) is 2.73. The second-order valence-corrected chi connectivity index (χ2v) is 6.05. The van der Waals surface area contributed by atoms with Gasteiger partial charge in [-0.25, -0.2) is 4.79 Å². The van der Waals surface area contributed by atoms with E-state index in [1.54, 1.807) is 32.6 Å². The van der Waals surface area contributed by atoms with Crippen LogP contribution in [0.5, 0.6) is 0 Å². The van der Waals surface area contributed by atoms with Crippen LogP contribution in [0.25, 0.3) is 0 Å². The third-order valence-corrected chi connectivity index (χ3v) is 3.02. The predicted octanol–water partition coefficient (Wildman–Crippen LogP) is 1.96. The molecule has 1 saturated heterocycles. The monoisotopic (exact) mass is 284 g/mol. The quantitative estimate of drug-likeness (QED) is 0.777. The molecule has 1 rings (SSSR count). The maximum atomic E-state index is 12.3. The summed E-state index contributed by atoms with van der Waals surface area (Å²) in [5.41, 5.74) is -0.609. The lowest BCUT2D eigenvalue weighted by Crippen LogP contribution is -2.49. The highest BCUT2D eigenvalue weighted by Crippen LogP contribution is 2.22. The molecular weight excluding hydrogens is 260 g/mol. The molecule has 1 aliphatic heterocycles. The highest BCUT2D eigenvalue weighted by molar-refractivity contribution is 5.86. The topological polar surface area (TPSA) is 78.9 Å². The Labute approximate surface area is 119 Å². The van der Waals surface area contributed by atoms with E-state index in [9.17, 15) is 14.7 Å². The lowest BCUT2D eigenvalue weighted by molar-refractivity contribution is -0.133. The van der Waals surface area contributed by atoms with Crippen LogP contribution in [0.4, 0.5) is 4.79 Å². The second kappa shape index (κ2) is 6.15. The number of amides is 2. The van der Waals surface area contributed by atoms with Crippen molar-refractivity contribution in [2.24, 2.45) is 0 Å². The summed E-state index contributed by atoms with van der Waals surface area (Å²) in [4.78, 5) is 25.4. The molecule has 1 aliphatic rings. The first kappa shape index (κ1) is 16.3. The number of aliphatic hydroxyl groups excluding tert-OH is 1. The SMILES string of the molecule is C=C(O)C1CCCN1C(=O)[C@H](C)NC(=O)OC(C)(C)C. The number of nitrogens with zero attached hydrogens (tertiary/aromatic N) is 1. The molecule has 0 aliphatic carbocycles. The van der Waals surface area contributed by atoms with Gasteiger partial charge in [0, 0.05) is 6.54 Å². The minimum Gasteiger partial charge on any atom is -0.511 e. The minimum absolute atomic E-state index is 0.0136. The van der Waals surface area contributed by atoms with E-state index in [1.165, 1.54) is 0 Å². The molecule has 0 aromatic carbocycles. The third-order valence-electron chi connectivity index (χ3n) is 3.02. The standard InChI is InChI=1S/C14H24N2O4/c1-9(15-13(19)20-14(3,4)5)12(18)16-8-6-7-11(16)10(2)17/h9,11,17H,2,6-8H2,1,3-5H3,(H,15,19)/t9-,11?/m0/s1. The van der Waals surface area contributed by atoms with E-state index in [0.717, 1.165) is 6.42 Å². The number of alkyl carbamates (subject to hydrolysis) is 1. The van der Waals surface area contributed by atoms with Crippen LogP contribution < -0.4 is 5.32 Å². The molecule has 0 spiro atoms. The maximum absolute atomic E-state index is 12.3. The van der Waals surface area contributed by atoms with Gasteiger partial charge in [0.25, 0.3) is 0 Å². The number of likely N-dealkylation sites (tertiary alicyclic amines) is 1. The van der Waals surface area contributed by atoms with E-state index in [-0.39, 0.29) is 17.7 Å². The number of aliphatic hydroxyl groups is 1. The Balaban J connectivity index is 2.59. The summed E-state index contributed by atoms with van der Waals surface area (Å²) in [6.45, 7) is 10.9. The molecule has 0 saturated carbocycles. The molecule has 20 heavy (non-hydrogen) atoms. The number of hydrogen-bond donors (Lipinski definition) is 2. The van der Waals surface area contributed by atoms with Gasteiger partial charge in [-0.15, -0.1) is 0 Å². The van der Waals surface area contributed by atoms with Gasteiger partial charge in [0.2, 0.25) is 5.91 Å². The van der Waals surface area contributed by atoms with Crippen LogP contribution in [0.1, 0.15) is 40.5 Å². The van der Waals surface area contributed by atoms with E-state index in [0.29, 0.717) is 13.0 Å². The molecular formula is C14H24N2O4. The molecule has 6 nitrogen and oxygen atoms in total. The van der Waals surface area contributed by atoms with E-state index < -0.39 is 17.7 Å². The van der Waals surface area contributed by atoms with Gasteiger partial charge in [-0.3, -0.25) is 4.79 Å². The molecule has 0 radical (unpaired) electrons. The molecule has 1 fully saturated rings. The van der Waals surface area contributed by atoms with E-state index in [2.05, 4.69) is 11.9 Å². The molecule has 1 heterocycles. The van der Waals surface area contributed by atoms with Gasteiger partial charge < -0.3 is 20.1 Å². The van der Waals surface area contributed by atoms with Crippen LogP contribution in [0.15, 0.2) is 12.3 Å². The van der Waals surface area contributed by atoms with Gasteiger partial charge >= 0.3 is 6.09 Å². The Morgan fingerprint density at radius 2 is 2.05 bits per heavy atom. The Kier molecular flexibility index (Phi) is 5.03. The summed E-state index contributed by atoms with van der Waals surface area (Å²) in [5.74, 6) is -0.256. The largest absolute Gasteiger partial charge is 0.511 e. The van der Waals surface area contributed by atoms with E-state index >= 15 is 0 Å². The molecule has 2 amide bonds. The Hall–Kier alpha value is -1.72. The second-order valence-electron chi connectivity index (χ2n) is 6.05. The average molecular weight is 284 g/mol. The van der Waals surface area contributed by atoms with E-state index in [1.807, 2.05) is 0 Å². The summed E-state index contributed by atoms with van der Waals surface area (Å²) in [6.07, 6.45) is 0.881. The van der Waals surface area contributed by atoms with Crippen molar-refractivity contribution in [1.82, 2.24) is 10.2 Å². The van der Waals surface area contributed by atoms with E-state index in [4.69, 9.17) is 4.74 Å². The lowest BCUT2D eigenvalue weighted by atomic mass is 10.2. The number of hydrogen-bond acceptors (Lipinski definition) is 4. The zero-order valence-corrected chi connectivity index (χ0v) is 12.6. The van der Waals surface area contributed by atoms with Gasteiger partial charge in [0.05, 0.1) is 6.04 Å². The van der Waals surface area contributed by atoms with Crippen molar-refractivity contribution in [3.63, 3.8) is 0 Å². The number of carbonyl (C=O) groups is 2. The Morgan fingerprint density at radius 1 is 1.45 bits per heavy atom. The smallest absolute Gasteiger partial charge is 0.408 e. The predicted molar refractivity (Wildman–Crippen MR) is 75.3 cm³/mol. The first-order valence-corrected chi connectivity index (χ1v) is 6.79. The van der Waals surface area contributed by atoms with Gasteiger partial charge in [-0.1, -0.05) is 6.58 Å². The van der Waals surface area contributed by atoms with Gasteiger partial charge in [-0.05, 0) is 40.5 Å². The minimum atomic E-state index is -0.704. The molecule has 6 heteroatoms. The number of rotatable bonds is 3. The zero-order chi connectivity index (χ0) is 15.5. The summed E-state index contributed by atoms with van der Waals surface area (Å²) < 4.78 is 5.11. The van der Waals surface area contributed by atoms with Crippen LogP contribution in [0.3, 0.4) is 0 Å². The molecule has 2 atom stereocenters. The summed E-state index contributed by atoms with van der Waals surface area (Å²) in [6, 6.07) is -1.06. The van der Waals surface area contributed by atoms with Crippen molar-refractivity contribution in [2.75, 3.05) is 6.54 Å². The molecule has 0 bridgehead atoms. The summed E-state index contributed by atoms with van der Waals surface area (Å²) >= 11 is 0. The van der Waals surface area contributed by atoms with Crippen molar-refractivity contribution >= 4 is 12.0 Å². The summed E-state index contributed by atoms with van der Waals surface area (Å²) in [5, 5.41) is 12.0. The zero-order valence-electron chi connectivity index (χ0n) is 12.6. The fourth-order valence-electron chi connectivity index (χ4n) is 2.17. The normalized spacial score (nSPS) is 20.4. The van der Waals surface area contributed by atoms with Gasteiger partial charge in [-0.2, -0.15) is 0 Å². The van der Waals surface area contributed by atoms with Crippen LogP contribution in [0.2, 0.25) is 0 Å². The van der Waals surface area contributed by atoms with Gasteiger partial charge in [0.15, 0.2) is 0 Å². The van der Waals surface area contributed by atoms with Crippen LogP contribution in [-0.2, 0) is 9.53 Å². The number of ether oxygens (including phenoxy) is 1. The van der Waals surface area contributed by atoms with Crippen LogP contribution >= 0.6 is 0 Å². The number of nitrogens with one attached hydrogen (secondary N) is 1. The molecule has 2 N–H and O–H groups in total. The third kappa shape index (κ3) is 4.43. The number of carbonyl (C=O) groups excluding carboxylic acids is 2. The fraction of sp³-hybridized carbons (Fsp3) is 0.714. The van der Waals surface area contributed by atoms with Crippen LogP contribution in [-0.4, -0.2) is 46.2 Å². The first-order chi connectivity index (χ1) is 9.11. The highest BCUT2D eigenvalue weighted by atomic mass is 16.6. The molecule has 1 unspecified atom stereocenters. The first-order valence-electron chi connectivity index (χ1n) is 6.79. The van der Waals surface area contributed by atoms with Crippen molar-refractivity contribution in [3.05, 3.63) is 12.3 Å². The lowest BCUT2D eigenvalue weighted by Gasteiger charge is -2.28. The van der Waals surface area contributed by atoms with Gasteiger partial charge in [0.1, 0.15) is 17.4 Å². The van der Waals surface area contributed by atoms with Crippen molar-refractivity contribution in [2.45, 2.75) is 58.2 Å². The highest BCUT2D eigenvalue weighted by Gasteiger charge is 2.34. The van der Waals surface area contributed by atoms with Crippen molar-refractivity contribution in [3.8, 4) is 0 Å². The molecule has 0 aromatic heterocycles. The van der Waals surface area contributed by atoms with Crippen molar-refractivity contribution < 1.29 is 19.4 Å². The van der Waals surface area contributed by atoms with Crippen LogP contribution in [0, 0.1) is 0 Å². The maximum Gasteiger partial charge on any atom is 0.408 e. The molecule has 114 valence electrons. The fourth-order valence-corrected chi connectivity index (χ4v) is 2.17. The summed E-state index contributed by atoms with van der Waals surface area (Å²) in [7, 11) is 0. The van der Waals surface area contributed by atoms with Crippen molar-refractivity contribution in [1.29, 1.82) is 0 Å². The Bertz CT molecular complexity index is 400.